The first-order valence-electron chi connectivity index (χ1n) is 4.96. The Kier molecular flexibility index (Phi) is 3.43. The molecule has 0 atom stereocenters. The van der Waals surface area contributed by atoms with Crippen molar-refractivity contribution >= 4 is 0 Å². The molecule has 0 amide bonds. The molecule has 0 aliphatic carbocycles. The van der Waals surface area contributed by atoms with E-state index in [4.69, 9.17) is 9.05 Å². The molecule has 0 saturated carbocycles. The predicted octanol–water partition coefficient (Wildman–Crippen LogP) is 1.41. The van der Waals surface area contributed by atoms with Gasteiger partial charge >= 0.3 is 0 Å². The van der Waals surface area contributed by atoms with Gasteiger partial charge in [0.25, 0.3) is 0 Å². The van der Waals surface area contributed by atoms with Gasteiger partial charge in [0.1, 0.15) is 0 Å². The van der Waals surface area contributed by atoms with Crippen molar-refractivity contribution in [2.24, 2.45) is 0 Å². The maximum absolute atomic E-state index is 4.88. The molecular formula is C9H12N4O2. The van der Waals surface area contributed by atoms with E-state index in [1.54, 1.807) is 0 Å². The standard InChI is InChI=1S/C9H12N4O2/c1(2-4-8-10-6-12-14-8)3-5-9-11-7-13-15-9/h6-7H,1-5H2. The van der Waals surface area contributed by atoms with E-state index in [0.29, 0.717) is 11.8 Å². The Balaban J connectivity index is 1.56. The van der Waals surface area contributed by atoms with Crippen molar-refractivity contribution in [3.63, 3.8) is 0 Å². The van der Waals surface area contributed by atoms with Crippen LogP contribution in [0.4, 0.5) is 0 Å². The number of rotatable bonds is 6. The molecule has 2 heterocycles. The number of hydrogen-bond donors (Lipinski definition) is 0. The van der Waals surface area contributed by atoms with Crippen LogP contribution in [0.15, 0.2) is 21.7 Å². The van der Waals surface area contributed by atoms with Crippen LogP contribution in [0.5, 0.6) is 0 Å². The number of aryl methyl sites for hydroxylation is 2. The van der Waals surface area contributed by atoms with Crippen LogP contribution >= 0.6 is 0 Å². The van der Waals surface area contributed by atoms with Crippen LogP contribution in [-0.4, -0.2) is 20.3 Å². The van der Waals surface area contributed by atoms with Crippen molar-refractivity contribution in [3.05, 3.63) is 24.4 Å². The minimum Gasteiger partial charge on any atom is -0.340 e. The Labute approximate surface area is 86.7 Å². The van der Waals surface area contributed by atoms with Crippen molar-refractivity contribution in [2.45, 2.75) is 32.1 Å². The van der Waals surface area contributed by atoms with Gasteiger partial charge in [-0.2, -0.15) is 9.97 Å². The lowest BCUT2D eigenvalue weighted by Crippen LogP contribution is -1.88. The highest BCUT2D eigenvalue weighted by atomic mass is 16.5. The lowest BCUT2D eigenvalue weighted by molar-refractivity contribution is 0.365. The van der Waals surface area contributed by atoms with Gasteiger partial charge in [0, 0.05) is 12.8 Å². The monoisotopic (exact) mass is 208 g/mol. The van der Waals surface area contributed by atoms with Gasteiger partial charge < -0.3 is 9.05 Å². The number of aromatic nitrogens is 4. The fraction of sp³-hybridized carbons (Fsp3) is 0.556. The fourth-order valence-electron chi connectivity index (χ4n) is 1.34. The van der Waals surface area contributed by atoms with Crippen molar-refractivity contribution in [1.82, 2.24) is 20.3 Å². The zero-order valence-corrected chi connectivity index (χ0v) is 8.30. The predicted molar refractivity (Wildman–Crippen MR) is 49.9 cm³/mol. The molecule has 0 fully saturated rings. The Hall–Kier alpha value is -1.72. The third-order valence-electron chi connectivity index (χ3n) is 2.10. The minimum atomic E-state index is 0.702. The van der Waals surface area contributed by atoms with Crippen molar-refractivity contribution in [2.75, 3.05) is 0 Å². The molecule has 0 aromatic carbocycles. The van der Waals surface area contributed by atoms with Crippen LogP contribution in [0.2, 0.25) is 0 Å². The van der Waals surface area contributed by atoms with Crippen LogP contribution in [0.3, 0.4) is 0 Å². The second-order valence-electron chi connectivity index (χ2n) is 3.23. The first-order chi connectivity index (χ1) is 7.45. The van der Waals surface area contributed by atoms with Crippen LogP contribution in [0.25, 0.3) is 0 Å². The first-order valence-corrected chi connectivity index (χ1v) is 4.96. The summed E-state index contributed by atoms with van der Waals surface area (Å²) in [6.07, 6.45) is 7.69. The topological polar surface area (TPSA) is 77.8 Å². The summed E-state index contributed by atoms with van der Waals surface area (Å²) in [6, 6.07) is 0. The summed E-state index contributed by atoms with van der Waals surface area (Å²) in [4.78, 5) is 7.89. The van der Waals surface area contributed by atoms with E-state index in [-0.39, 0.29) is 0 Å². The summed E-state index contributed by atoms with van der Waals surface area (Å²) in [5.41, 5.74) is 0. The van der Waals surface area contributed by atoms with Crippen LogP contribution in [-0.2, 0) is 12.8 Å². The molecule has 0 unspecified atom stereocenters. The zero-order valence-electron chi connectivity index (χ0n) is 8.30. The van der Waals surface area contributed by atoms with E-state index in [1.807, 2.05) is 0 Å². The molecule has 2 aromatic rings. The maximum atomic E-state index is 4.88. The van der Waals surface area contributed by atoms with Crippen molar-refractivity contribution in [1.29, 1.82) is 0 Å². The highest BCUT2D eigenvalue weighted by molar-refractivity contribution is 4.76. The molecule has 80 valence electrons. The largest absolute Gasteiger partial charge is 0.340 e. The SMILES string of the molecule is c1noc(CCCCCc2ncno2)n1. The Morgan fingerprint density at radius 2 is 1.33 bits per heavy atom. The van der Waals surface area contributed by atoms with Crippen LogP contribution in [0.1, 0.15) is 31.0 Å². The van der Waals surface area contributed by atoms with E-state index in [0.717, 1.165) is 32.1 Å². The third-order valence-corrected chi connectivity index (χ3v) is 2.10. The summed E-state index contributed by atoms with van der Waals surface area (Å²) in [5, 5.41) is 7.08. The molecule has 15 heavy (non-hydrogen) atoms. The van der Waals surface area contributed by atoms with Gasteiger partial charge in [-0.1, -0.05) is 16.7 Å². The maximum Gasteiger partial charge on any atom is 0.226 e. The Bertz CT molecular complexity index is 321. The summed E-state index contributed by atoms with van der Waals surface area (Å²) < 4.78 is 9.77. The normalized spacial score (nSPS) is 10.7. The molecule has 0 radical (unpaired) electrons. The van der Waals surface area contributed by atoms with Gasteiger partial charge in [0.15, 0.2) is 12.7 Å². The van der Waals surface area contributed by atoms with Crippen molar-refractivity contribution < 1.29 is 9.05 Å². The van der Waals surface area contributed by atoms with Gasteiger partial charge in [-0.3, -0.25) is 0 Å². The molecule has 2 aromatic heterocycles. The summed E-state index contributed by atoms with van der Waals surface area (Å²) in [6.45, 7) is 0. The second-order valence-corrected chi connectivity index (χ2v) is 3.23. The number of hydrogen-bond acceptors (Lipinski definition) is 6. The molecule has 0 aliphatic heterocycles. The lowest BCUT2D eigenvalue weighted by atomic mass is 10.1. The average molecular weight is 208 g/mol. The van der Waals surface area contributed by atoms with Gasteiger partial charge in [-0.15, -0.1) is 0 Å². The molecule has 0 bridgehead atoms. The Morgan fingerprint density at radius 3 is 1.73 bits per heavy atom. The van der Waals surface area contributed by atoms with Crippen LogP contribution in [0, 0.1) is 0 Å². The van der Waals surface area contributed by atoms with Crippen LogP contribution < -0.4 is 0 Å². The molecule has 0 spiro atoms. The van der Waals surface area contributed by atoms with E-state index in [1.165, 1.54) is 12.7 Å². The van der Waals surface area contributed by atoms with E-state index < -0.39 is 0 Å². The van der Waals surface area contributed by atoms with E-state index in [9.17, 15) is 0 Å². The number of unbranched alkanes of at least 4 members (excludes halogenated alkanes) is 2. The molecule has 0 N–H and O–H groups in total. The van der Waals surface area contributed by atoms with Gasteiger partial charge in [0.05, 0.1) is 0 Å². The van der Waals surface area contributed by atoms with Gasteiger partial charge in [-0.05, 0) is 12.8 Å². The highest BCUT2D eigenvalue weighted by Crippen LogP contribution is 2.06. The lowest BCUT2D eigenvalue weighted by Gasteiger charge is -1.95. The molecule has 2 rings (SSSR count). The van der Waals surface area contributed by atoms with E-state index in [2.05, 4.69) is 20.3 Å². The van der Waals surface area contributed by atoms with Crippen molar-refractivity contribution in [3.8, 4) is 0 Å². The van der Waals surface area contributed by atoms with E-state index >= 15 is 0 Å². The molecule has 6 heteroatoms. The second kappa shape index (κ2) is 5.23. The van der Waals surface area contributed by atoms with Gasteiger partial charge in [0.2, 0.25) is 11.8 Å². The average Bonchev–Trinajstić information content (AvgIpc) is 2.88. The first kappa shape index (κ1) is 9.82. The fourth-order valence-corrected chi connectivity index (χ4v) is 1.34. The summed E-state index contributed by atoms with van der Waals surface area (Å²) >= 11 is 0. The molecule has 6 nitrogen and oxygen atoms in total. The Morgan fingerprint density at radius 1 is 0.800 bits per heavy atom. The number of nitrogens with zero attached hydrogens (tertiary/aromatic N) is 4. The smallest absolute Gasteiger partial charge is 0.226 e. The summed E-state index contributed by atoms with van der Waals surface area (Å²) in [5.74, 6) is 1.40. The highest BCUT2D eigenvalue weighted by Gasteiger charge is 2.01. The molecule has 0 saturated heterocycles. The molecule has 0 aliphatic rings. The zero-order chi connectivity index (χ0) is 10.3. The van der Waals surface area contributed by atoms with Gasteiger partial charge in [-0.25, -0.2) is 0 Å². The quantitative estimate of drug-likeness (QED) is 0.668. The minimum absolute atomic E-state index is 0.702. The summed E-state index contributed by atoms with van der Waals surface area (Å²) in [7, 11) is 0. The molecular weight excluding hydrogens is 196 g/mol. The third kappa shape index (κ3) is 3.16.